The lowest BCUT2D eigenvalue weighted by molar-refractivity contribution is -0.135. The molecule has 41 heavy (non-hydrogen) atoms. The Kier molecular flexibility index (Phi) is 8.27. The van der Waals surface area contributed by atoms with E-state index in [1.54, 1.807) is 32.0 Å². The lowest BCUT2D eigenvalue weighted by Gasteiger charge is -2.34. The zero-order valence-electron chi connectivity index (χ0n) is 23.7. The van der Waals surface area contributed by atoms with Gasteiger partial charge in [0, 0.05) is 31.6 Å². The van der Waals surface area contributed by atoms with Crippen LogP contribution in [-0.4, -0.2) is 85.6 Å². The highest BCUT2D eigenvalue weighted by atomic mass is 16.6. The molecule has 1 aromatic carbocycles. The molecule has 3 aromatic rings. The second kappa shape index (κ2) is 11.9. The molecule has 13 nitrogen and oxygen atoms in total. The van der Waals surface area contributed by atoms with Gasteiger partial charge in [0.2, 0.25) is 5.91 Å². The number of carbonyl (C=O) groups is 2. The quantitative estimate of drug-likeness (QED) is 0.295. The second-order valence-electron chi connectivity index (χ2n) is 11.5. The van der Waals surface area contributed by atoms with E-state index >= 15 is 0 Å². The van der Waals surface area contributed by atoms with Crippen LogP contribution in [0.2, 0.25) is 0 Å². The fraction of sp³-hybridized carbons (Fsp3) is 0.536. The molecule has 2 aliphatic rings. The molecule has 2 aliphatic heterocycles. The molecule has 1 fully saturated rings. The molecule has 0 saturated carbocycles. The largest absolute Gasteiger partial charge is 0.491 e. The summed E-state index contributed by atoms with van der Waals surface area (Å²) in [5.74, 6) is 1.20. The normalized spacial score (nSPS) is 18.6. The third kappa shape index (κ3) is 6.68. The van der Waals surface area contributed by atoms with Crippen molar-refractivity contribution in [3.8, 4) is 5.75 Å². The minimum Gasteiger partial charge on any atom is -0.491 e. The van der Waals surface area contributed by atoms with Gasteiger partial charge in [-0.15, -0.1) is 0 Å². The van der Waals surface area contributed by atoms with Gasteiger partial charge in [-0.05, 0) is 51.7 Å². The Morgan fingerprint density at radius 3 is 2.85 bits per heavy atom. The predicted molar refractivity (Wildman–Crippen MR) is 151 cm³/mol. The number of imidazole rings is 1. The van der Waals surface area contributed by atoms with Gasteiger partial charge in [-0.2, -0.15) is 0 Å². The van der Waals surface area contributed by atoms with Crippen LogP contribution in [0, 0.1) is 0 Å². The number of aliphatic hydroxyl groups excluding tert-OH is 1. The number of anilines is 1. The Balaban J connectivity index is 1.28. The lowest BCUT2D eigenvalue weighted by atomic mass is 9.97. The fourth-order valence-corrected chi connectivity index (χ4v) is 5.45. The number of hydrogen-bond acceptors (Lipinski definition) is 10. The van der Waals surface area contributed by atoms with Gasteiger partial charge in [0.15, 0.2) is 11.5 Å². The number of hydrogen-bond donors (Lipinski definition) is 4. The monoisotopic (exact) mass is 566 g/mol. The van der Waals surface area contributed by atoms with Crippen LogP contribution in [0.5, 0.6) is 5.75 Å². The number of nitrogens with two attached hydrogens (primary N) is 1. The standard InChI is InChI=1S/C28H38N8O5/c1-28(2,3)41-27(39)34-20(12-22(29)37)26(38)35-11-9-17-6-4-8-21(19(17)13-35)40-14-18-7-5-10-36(18)25-23-24(31-15-30-23)32-16-33-25/h4,6,8,15-16,18,20,22,37H,5,7,9-14,29H2,1-3H3,(H,34,39)(H,30,31,32,33). The molecule has 3 unspecified atom stereocenters. The molecule has 2 amide bonds. The van der Waals surface area contributed by atoms with Gasteiger partial charge in [0.1, 0.15) is 42.1 Å². The second-order valence-corrected chi connectivity index (χ2v) is 11.5. The van der Waals surface area contributed by atoms with Gasteiger partial charge in [0.25, 0.3) is 0 Å². The third-order valence-corrected chi connectivity index (χ3v) is 7.29. The van der Waals surface area contributed by atoms with Gasteiger partial charge in [-0.25, -0.2) is 19.7 Å². The van der Waals surface area contributed by atoms with Crippen molar-refractivity contribution in [2.24, 2.45) is 5.73 Å². The van der Waals surface area contributed by atoms with Crippen molar-refractivity contribution in [1.82, 2.24) is 30.2 Å². The number of nitrogens with one attached hydrogen (secondary N) is 2. The highest BCUT2D eigenvalue weighted by Crippen LogP contribution is 2.32. The van der Waals surface area contributed by atoms with E-state index < -0.39 is 24.0 Å². The molecule has 4 heterocycles. The number of ether oxygens (including phenoxy) is 2. The molecule has 220 valence electrons. The van der Waals surface area contributed by atoms with E-state index in [0.29, 0.717) is 31.8 Å². The van der Waals surface area contributed by atoms with E-state index in [0.717, 1.165) is 47.6 Å². The Morgan fingerprint density at radius 1 is 1.24 bits per heavy atom. The van der Waals surface area contributed by atoms with Gasteiger partial charge >= 0.3 is 6.09 Å². The van der Waals surface area contributed by atoms with Gasteiger partial charge in [-0.3, -0.25) is 4.79 Å². The number of fused-ring (bicyclic) bond motifs is 2. The average Bonchev–Trinajstić information content (AvgIpc) is 3.59. The molecule has 5 N–H and O–H groups in total. The minimum atomic E-state index is -1.28. The Hall–Kier alpha value is -3.97. The number of alkyl carbamates (subject to hydrolysis) is 1. The number of nitrogens with zero attached hydrogens (tertiary/aromatic N) is 5. The van der Waals surface area contributed by atoms with Crippen LogP contribution in [0.4, 0.5) is 10.6 Å². The zero-order chi connectivity index (χ0) is 29.1. The molecular formula is C28H38N8O5. The van der Waals surface area contributed by atoms with Crippen LogP contribution < -0.4 is 20.7 Å². The number of aliphatic hydroxyl groups is 1. The van der Waals surface area contributed by atoms with E-state index in [4.69, 9.17) is 15.2 Å². The summed E-state index contributed by atoms with van der Waals surface area (Å²) in [4.78, 5) is 46.0. The summed E-state index contributed by atoms with van der Waals surface area (Å²) in [5.41, 5.74) is 8.34. The first-order chi connectivity index (χ1) is 19.6. The number of rotatable bonds is 8. The van der Waals surface area contributed by atoms with Crippen LogP contribution in [-0.2, 0) is 22.5 Å². The first-order valence-corrected chi connectivity index (χ1v) is 14.0. The molecular weight excluding hydrogens is 528 g/mol. The maximum atomic E-state index is 13.5. The SMILES string of the molecule is CC(C)(C)OC(=O)NC(CC(N)O)C(=O)N1CCc2cccc(OCC3CCCN3c3ncnc4nc[nH]c34)c2C1. The summed E-state index contributed by atoms with van der Waals surface area (Å²) in [6.07, 6.45) is 3.61. The molecule has 1 saturated heterocycles. The van der Waals surface area contributed by atoms with Crippen molar-refractivity contribution in [2.45, 2.75) is 76.9 Å². The molecule has 2 aromatic heterocycles. The van der Waals surface area contributed by atoms with Crippen LogP contribution >= 0.6 is 0 Å². The Labute approximate surface area is 238 Å². The van der Waals surface area contributed by atoms with E-state index in [9.17, 15) is 14.7 Å². The highest BCUT2D eigenvalue weighted by Gasteiger charge is 2.33. The van der Waals surface area contributed by atoms with Crippen molar-refractivity contribution in [2.75, 3.05) is 24.6 Å². The fourth-order valence-electron chi connectivity index (χ4n) is 5.45. The lowest BCUT2D eigenvalue weighted by Crippen LogP contribution is -2.52. The smallest absolute Gasteiger partial charge is 0.408 e. The van der Waals surface area contributed by atoms with Crippen molar-refractivity contribution in [1.29, 1.82) is 0 Å². The average molecular weight is 567 g/mol. The number of aromatic nitrogens is 4. The summed E-state index contributed by atoms with van der Waals surface area (Å²) in [6, 6.07) is 5.01. The zero-order valence-corrected chi connectivity index (χ0v) is 23.7. The van der Waals surface area contributed by atoms with Crippen molar-refractivity contribution in [3.05, 3.63) is 42.0 Å². The van der Waals surface area contributed by atoms with Gasteiger partial charge in [0.05, 0.1) is 12.4 Å². The molecule has 0 radical (unpaired) electrons. The van der Waals surface area contributed by atoms with Crippen molar-refractivity contribution < 1.29 is 24.2 Å². The van der Waals surface area contributed by atoms with Crippen LogP contribution in [0.3, 0.4) is 0 Å². The maximum Gasteiger partial charge on any atom is 0.408 e. The molecule has 0 bridgehead atoms. The maximum absolute atomic E-state index is 13.5. The van der Waals surface area contributed by atoms with Crippen molar-refractivity contribution >= 4 is 29.0 Å². The Bertz CT molecular complexity index is 1390. The topological polar surface area (TPSA) is 172 Å². The number of H-pyrrole nitrogens is 1. The predicted octanol–water partition coefficient (Wildman–Crippen LogP) is 1.85. The number of benzene rings is 1. The van der Waals surface area contributed by atoms with Crippen molar-refractivity contribution in [3.63, 3.8) is 0 Å². The summed E-state index contributed by atoms with van der Waals surface area (Å²) < 4.78 is 11.7. The summed E-state index contributed by atoms with van der Waals surface area (Å²) in [7, 11) is 0. The highest BCUT2D eigenvalue weighted by molar-refractivity contribution is 5.86. The first-order valence-electron chi connectivity index (χ1n) is 14.0. The van der Waals surface area contributed by atoms with Gasteiger partial charge < -0.3 is 40.4 Å². The summed E-state index contributed by atoms with van der Waals surface area (Å²) >= 11 is 0. The summed E-state index contributed by atoms with van der Waals surface area (Å²) in [6.45, 7) is 7.29. The molecule has 13 heteroatoms. The van der Waals surface area contributed by atoms with E-state index in [1.165, 1.54) is 6.33 Å². The number of aromatic amines is 1. The van der Waals surface area contributed by atoms with Crippen LogP contribution in [0.1, 0.15) is 51.2 Å². The molecule has 3 atom stereocenters. The van der Waals surface area contributed by atoms with Crippen LogP contribution in [0.25, 0.3) is 11.2 Å². The van der Waals surface area contributed by atoms with E-state index in [1.807, 2.05) is 18.2 Å². The summed E-state index contributed by atoms with van der Waals surface area (Å²) in [5, 5.41) is 12.4. The molecule has 5 rings (SSSR count). The van der Waals surface area contributed by atoms with E-state index in [-0.39, 0.29) is 18.4 Å². The Morgan fingerprint density at radius 2 is 2.07 bits per heavy atom. The van der Waals surface area contributed by atoms with E-state index in [2.05, 4.69) is 30.2 Å². The first kappa shape index (κ1) is 28.6. The minimum absolute atomic E-state index is 0.113. The molecule has 0 aliphatic carbocycles. The number of carbonyl (C=O) groups excluding carboxylic acids is 2. The number of amides is 2. The molecule has 0 spiro atoms. The third-order valence-electron chi connectivity index (χ3n) is 7.29. The van der Waals surface area contributed by atoms with Gasteiger partial charge in [-0.1, -0.05) is 12.1 Å². The van der Waals surface area contributed by atoms with Crippen LogP contribution in [0.15, 0.2) is 30.9 Å².